The van der Waals surface area contributed by atoms with E-state index in [1.165, 1.54) is 37.0 Å². The summed E-state index contributed by atoms with van der Waals surface area (Å²) in [5.74, 6) is 1.33. The number of piperidine rings is 1. The summed E-state index contributed by atoms with van der Waals surface area (Å²) < 4.78 is 0. The minimum absolute atomic E-state index is 0.0501. The van der Waals surface area contributed by atoms with Crippen LogP contribution in [0.3, 0.4) is 0 Å². The molecule has 24 heavy (non-hydrogen) atoms. The van der Waals surface area contributed by atoms with Crippen molar-refractivity contribution in [2.45, 2.75) is 45.1 Å². The number of nitrogens with zero attached hydrogens (tertiary/aromatic N) is 2. The van der Waals surface area contributed by atoms with E-state index < -0.39 is 0 Å². The first kappa shape index (κ1) is 15.8. The number of hydrogen-bond donors (Lipinski definition) is 2. The molecule has 1 aliphatic carbocycles. The van der Waals surface area contributed by atoms with E-state index in [1.54, 1.807) is 0 Å². The summed E-state index contributed by atoms with van der Waals surface area (Å²) >= 11 is 1.51. The molecule has 1 saturated heterocycles. The third-order valence-electron chi connectivity index (χ3n) is 5.04. The number of carbonyl (C=O) groups excluding carboxylic acids is 1. The van der Waals surface area contributed by atoms with Gasteiger partial charge in [-0.1, -0.05) is 6.92 Å². The van der Waals surface area contributed by atoms with Gasteiger partial charge >= 0.3 is 0 Å². The molecule has 2 N–H and O–H groups in total. The average Bonchev–Trinajstić information content (AvgIpc) is 3.13. The molecule has 0 aromatic carbocycles. The van der Waals surface area contributed by atoms with E-state index in [9.17, 15) is 4.79 Å². The Hall–Kier alpha value is -1.66. The van der Waals surface area contributed by atoms with Gasteiger partial charge in [-0.05, 0) is 56.7 Å². The lowest BCUT2D eigenvalue weighted by molar-refractivity contribution is 0.102. The molecular weight excluding hydrogens is 320 g/mol. The Labute approximate surface area is 146 Å². The van der Waals surface area contributed by atoms with Crippen molar-refractivity contribution in [1.82, 2.24) is 14.9 Å². The van der Waals surface area contributed by atoms with Crippen molar-refractivity contribution in [3.63, 3.8) is 0 Å². The van der Waals surface area contributed by atoms with Crippen LogP contribution in [0.25, 0.3) is 0 Å². The standard InChI is InChI=1S/C18H24N4OS/c1-12-5-8-22(9-6-12)10-14-11-24-18(20-14)21-17(23)15-4-7-19-16(15)13-2-3-13/h4,7,11-13,19H,2-3,5-6,8-10H2,1H3,(H,20,21,23). The lowest BCUT2D eigenvalue weighted by Crippen LogP contribution is -2.32. The van der Waals surface area contributed by atoms with Crippen LogP contribution in [0.2, 0.25) is 0 Å². The number of nitrogens with one attached hydrogen (secondary N) is 2. The highest BCUT2D eigenvalue weighted by Gasteiger charge is 2.29. The second-order valence-corrected chi connectivity index (χ2v) is 7.99. The van der Waals surface area contributed by atoms with Crippen molar-refractivity contribution in [2.75, 3.05) is 18.4 Å². The summed E-state index contributed by atoms with van der Waals surface area (Å²) in [6.45, 7) is 5.50. The number of likely N-dealkylation sites (tertiary alicyclic amines) is 1. The molecule has 0 bridgehead atoms. The number of hydrogen-bond acceptors (Lipinski definition) is 4. The first-order valence-electron chi connectivity index (χ1n) is 8.84. The summed E-state index contributed by atoms with van der Waals surface area (Å²) in [7, 11) is 0. The fraction of sp³-hybridized carbons (Fsp3) is 0.556. The van der Waals surface area contributed by atoms with Crippen molar-refractivity contribution in [3.8, 4) is 0 Å². The van der Waals surface area contributed by atoms with Gasteiger partial charge < -0.3 is 4.98 Å². The summed E-state index contributed by atoms with van der Waals surface area (Å²) in [6, 6.07) is 1.87. The molecule has 128 valence electrons. The van der Waals surface area contributed by atoms with Gasteiger partial charge in [0.05, 0.1) is 11.3 Å². The van der Waals surface area contributed by atoms with Gasteiger partial charge in [-0.3, -0.25) is 15.0 Å². The SMILES string of the molecule is CC1CCN(Cc2csc(NC(=O)c3cc[nH]c3C3CC3)n2)CC1. The number of aromatic amines is 1. The summed E-state index contributed by atoms with van der Waals surface area (Å²) in [6.07, 6.45) is 6.75. The molecule has 0 spiro atoms. The van der Waals surface area contributed by atoms with Crippen molar-refractivity contribution >= 4 is 22.4 Å². The van der Waals surface area contributed by atoms with E-state index in [2.05, 4.69) is 32.5 Å². The first-order valence-corrected chi connectivity index (χ1v) is 9.72. The summed E-state index contributed by atoms with van der Waals surface area (Å²) in [4.78, 5) is 22.8. The second kappa shape index (κ2) is 6.69. The van der Waals surface area contributed by atoms with E-state index in [4.69, 9.17) is 0 Å². The van der Waals surface area contributed by atoms with Crippen LogP contribution in [-0.2, 0) is 6.54 Å². The van der Waals surface area contributed by atoms with Gasteiger partial charge in [-0.25, -0.2) is 4.98 Å². The van der Waals surface area contributed by atoms with Crippen molar-refractivity contribution in [2.24, 2.45) is 5.92 Å². The Balaban J connectivity index is 1.36. The Morgan fingerprint density at radius 3 is 2.92 bits per heavy atom. The van der Waals surface area contributed by atoms with E-state index >= 15 is 0 Å². The van der Waals surface area contributed by atoms with Gasteiger partial charge in [0.1, 0.15) is 0 Å². The fourth-order valence-electron chi connectivity index (χ4n) is 3.34. The molecule has 2 aromatic rings. The number of carbonyl (C=O) groups is 1. The fourth-order valence-corrected chi connectivity index (χ4v) is 4.04. The number of thiazole rings is 1. The zero-order valence-electron chi connectivity index (χ0n) is 14.0. The molecule has 1 saturated carbocycles. The van der Waals surface area contributed by atoms with E-state index in [0.29, 0.717) is 11.0 Å². The largest absolute Gasteiger partial charge is 0.364 e. The Morgan fingerprint density at radius 2 is 2.17 bits per heavy atom. The molecule has 6 heteroatoms. The van der Waals surface area contributed by atoms with Gasteiger partial charge in [-0.2, -0.15) is 0 Å². The number of rotatable bonds is 5. The predicted octanol–water partition coefficient (Wildman–Crippen LogP) is 3.83. The number of amides is 1. The lowest BCUT2D eigenvalue weighted by atomic mass is 9.99. The Bertz CT molecular complexity index is 710. The van der Waals surface area contributed by atoms with Crippen LogP contribution in [0.15, 0.2) is 17.6 Å². The molecular formula is C18H24N4OS. The van der Waals surface area contributed by atoms with Crippen LogP contribution < -0.4 is 5.32 Å². The molecule has 2 fully saturated rings. The van der Waals surface area contributed by atoms with Crippen LogP contribution in [0, 0.1) is 5.92 Å². The Kier molecular flexibility index (Phi) is 4.41. The molecule has 0 atom stereocenters. The first-order chi connectivity index (χ1) is 11.7. The molecule has 3 heterocycles. The van der Waals surface area contributed by atoms with Crippen LogP contribution >= 0.6 is 11.3 Å². The van der Waals surface area contributed by atoms with Crippen LogP contribution in [-0.4, -0.2) is 33.9 Å². The molecule has 4 rings (SSSR count). The van der Waals surface area contributed by atoms with Crippen LogP contribution in [0.5, 0.6) is 0 Å². The van der Waals surface area contributed by atoms with Crippen molar-refractivity contribution < 1.29 is 4.79 Å². The summed E-state index contributed by atoms with van der Waals surface area (Å²) in [5.41, 5.74) is 2.90. The highest BCUT2D eigenvalue weighted by Crippen LogP contribution is 2.40. The maximum atomic E-state index is 12.5. The van der Waals surface area contributed by atoms with E-state index in [-0.39, 0.29) is 5.91 Å². The quantitative estimate of drug-likeness (QED) is 0.866. The number of aromatic nitrogens is 2. The topological polar surface area (TPSA) is 61.0 Å². The molecule has 1 amide bonds. The van der Waals surface area contributed by atoms with Gasteiger partial charge in [0.2, 0.25) is 0 Å². The van der Waals surface area contributed by atoms with E-state index in [1.807, 2.05) is 12.3 Å². The number of H-pyrrole nitrogens is 1. The molecule has 2 aliphatic rings. The Morgan fingerprint density at radius 1 is 1.38 bits per heavy atom. The normalized spacial score (nSPS) is 19.5. The molecule has 2 aromatic heterocycles. The van der Waals surface area contributed by atoms with E-state index in [0.717, 1.165) is 42.5 Å². The monoisotopic (exact) mass is 344 g/mol. The maximum absolute atomic E-state index is 12.5. The smallest absolute Gasteiger partial charge is 0.259 e. The lowest BCUT2D eigenvalue weighted by Gasteiger charge is -2.29. The molecule has 0 unspecified atom stereocenters. The summed E-state index contributed by atoms with van der Waals surface area (Å²) in [5, 5.41) is 5.72. The minimum Gasteiger partial charge on any atom is -0.364 e. The van der Waals surface area contributed by atoms with Crippen LogP contribution in [0.4, 0.5) is 5.13 Å². The van der Waals surface area contributed by atoms with Gasteiger partial charge in [0.15, 0.2) is 5.13 Å². The predicted molar refractivity (Wildman–Crippen MR) is 96.5 cm³/mol. The highest BCUT2D eigenvalue weighted by atomic mass is 32.1. The molecule has 0 radical (unpaired) electrons. The van der Waals surface area contributed by atoms with Gasteiger partial charge in [-0.15, -0.1) is 11.3 Å². The van der Waals surface area contributed by atoms with Crippen molar-refractivity contribution in [3.05, 3.63) is 34.6 Å². The molecule has 1 aliphatic heterocycles. The van der Waals surface area contributed by atoms with Gasteiger partial charge in [0.25, 0.3) is 5.91 Å². The van der Waals surface area contributed by atoms with Crippen molar-refractivity contribution in [1.29, 1.82) is 0 Å². The highest BCUT2D eigenvalue weighted by molar-refractivity contribution is 7.13. The zero-order valence-corrected chi connectivity index (χ0v) is 14.9. The van der Waals surface area contributed by atoms with Gasteiger partial charge in [0, 0.05) is 23.8 Å². The zero-order chi connectivity index (χ0) is 16.5. The maximum Gasteiger partial charge on any atom is 0.259 e. The second-order valence-electron chi connectivity index (χ2n) is 7.14. The third kappa shape index (κ3) is 3.54. The minimum atomic E-state index is -0.0501. The molecule has 5 nitrogen and oxygen atoms in total. The average molecular weight is 344 g/mol. The van der Waals surface area contributed by atoms with Crippen LogP contribution in [0.1, 0.15) is 60.3 Å². The number of anilines is 1. The third-order valence-corrected chi connectivity index (χ3v) is 5.85.